The maximum atomic E-state index is 11.6. The standard InChI is InChI=1S/C16H36N.C13H11ClO3/c1-5-9-13-17(14-10-6-2,15-11-7-3)16-12-8-4;1-2-17-13(16)10-7-9-8(6-11(10)14)4-3-5-12(9)15/h5-16H2,1-4H3;3-7,15H,2H2,1H3/q+1;. The van der Waals surface area contributed by atoms with Crippen LogP contribution >= 0.6 is 11.6 Å². The minimum Gasteiger partial charge on any atom is -0.507 e. The van der Waals surface area contributed by atoms with E-state index in [1.165, 1.54) is 82.0 Å². The fraction of sp³-hybridized carbons (Fsp3) is 0.621. The van der Waals surface area contributed by atoms with Crippen LogP contribution in [-0.4, -0.2) is 48.3 Å². The van der Waals surface area contributed by atoms with Crippen molar-refractivity contribution >= 4 is 28.3 Å². The highest BCUT2D eigenvalue weighted by molar-refractivity contribution is 6.34. The molecule has 2 aromatic rings. The van der Waals surface area contributed by atoms with Gasteiger partial charge in [0.1, 0.15) is 5.75 Å². The summed E-state index contributed by atoms with van der Waals surface area (Å²) in [5, 5.41) is 11.4. The van der Waals surface area contributed by atoms with Gasteiger partial charge >= 0.3 is 5.97 Å². The number of fused-ring (bicyclic) bond motifs is 1. The molecule has 192 valence electrons. The summed E-state index contributed by atoms with van der Waals surface area (Å²) in [6.45, 7) is 17.0. The number of hydrogen-bond donors (Lipinski definition) is 1. The van der Waals surface area contributed by atoms with Crippen molar-refractivity contribution in [2.75, 3.05) is 32.8 Å². The number of rotatable bonds is 14. The molecule has 0 fully saturated rings. The van der Waals surface area contributed by atoms with Crippen molar-refractivity contribution in [1.82, 2.24) is 0 Å². The molecule has 0 aliphatic carbocycles. The van der Waals surface area contributed by atoms with Gasteiger partial charge in [-0.2, -0.15) is 0 Å². The lowest BCUT2D eigenvalue weighted by Gasteiger charge is -2.39. The van der Waals surface area contributed by atoms with Gasteiger partial charge in [0, 0.05) is 5.39 Å². The molecule has 0 aliphatic rings. The number of aromatic hydroxyl groups is 1. The fourth-order valence-corrected chi connectivity index (χ4v) is 4.54. The Kier molecular flexibility index (Phi) is 14.9. The molecule has 0 saturated carbocycles. The molecule has 0 heterocycles. The molecule has 0 saturated heterocycles. The lowest BCUT2D eigenvalue weighted by molar-refractivity contribution is -0.929. The lowest BCUT2D eigenvalue weighted by Crippen LogP contribution is -2.50. The van der Waals surface area contributed by atoms with E-state index in [0.29, 0.717) is 10.4 Å². The number of benzene rings is 2. The quantitative estimate of drug-likeness (QED) is 0.213. The highest BCUT2D eigenvalue weighted by Gasteiger charge is 2.24. The average Bonchev–Trinajstić information content (AvgIpc) is 2.83. The van der Waals surface area contributed by atoms with Crippen molar-refractivity contribution in [2.45, 2.75) is 86.0 Å². The van der Waals surface area contributed by atoms with E-state index in [2.05, 4.69) is 27.7 Å². The van der Waals surface area contributed by atoms with Gasteiger partial charge in [-0.15, -0.1) is 0 Å². The zero-order valence-corrected chi connectivity index (χ0v) is 22.9. The van der Waals surface area contributed by atoms with Gasteiger partial charge < -0.3 is 14.3 Å². The van der Waals surface area contributed by atoms with E-state index in [-0.39, 0.29) is 17.9 Å². The maximum Gasteiger partial charge on any atom is 0.339 e. The van der Waals surface area contributed by atoms with Crippen LogP contribution in [0.25, 0.3) is 10.8 Å². The number of unbranched alkanes of at least 4 members (excludes halogenated alkanes) is 4. The van der Waals surface area contributed by atoms with E-state index in [1.54, 1.807) is 31.2 Å². The summed E-state index contributed by atoms with van der Waals surface area (Å²) in [5.74, 6) is -0.368. The Balaban J connectivity index is 0.000000340. The third-order valence-corrected chi connectivity index (χ3v) is 6.70. The number of halogens is 1. The summed E-state index contributed by atoms with van der Waals surface area (Å²) < 4.78 is 6.31. The maximum absolute atomic E-state index is 11.6. The molecule has 34 heavy (non-hydrogen) atoms. The Hall–Kier alpha value is -1.78. The van der Waals surface area contributed by atoms with Crippen LogP contribution in [0.2, 0.25) is 5.02 Å². The molecule has 0 radical (unpaired) electrons. The van der Waals surface area contributed by atoms with Crippen LogP contribution in [-0.2, 0) is 4.74 Å². The smallest absolute Gasteiger partial charge is 0.339 e. The first-order valence-corrected chi connectivity index (χ1v) is 13.7. The Morgan fingerprint density at radius 3 is 1.79 bits per heavy atom. The van der Waals surface area contributed by atoms with E-state index in [9.17, 15) is 9.90 Å². The second-order valence-corrected chi connectivity index (χ2v) is 9.61. The van der Waals surface area contributed by atoms with Crippen molar-refractivity contribution in [2.24, 2.45) is 0 Å². The summed E-state index contributed by atoms with van der Waals surface area (Å²) >= 11 is 6.00. The molecule has 2 aromatic carbocycles. The molecule has 4 nitrogen and oxygen atoms in total. The second-order valence-electron chi connectivity index (χ2n) is 9.20. The first-order chi connectivity index (χ1) is 16.4. The number of hydrogen-bond acceptors (Lipinski definition) is 3. The number of quaternary nitrogens is 1. The third-order valence-electron chi connectivity index (χ3n) is 6.38. The van der Waals surface area contributed by atoms with E-state index in [4.69, 9.17) is 16.3 Å². The van der Waals surface area contributed by atoms with Crippen LogP contribution in [0.4, 0.5) is 0 Å². The van der Waals surface area contributed by atoms with Crippen LogP contribution < -0.4 is 0 Å². The number of carbonyl (C=O) groups is 1. The van der Waals surface area contributed by atoms with Crippen LogP contribution in [0.3, 0.4) is 0 Å². The van der Waals surface area contributed by atoms with Gasteiger partial charge in [-0.25, -0.2) is 4.79 Å². The molecule has 0 spiro atoms. The highest BCUT2D eigenvalue weighted by Crippen LogP contribution is 2.30. The van der Waals surface area contributed by atoms with Crippen LogP contribution in [0.1, 0.15) is 96.3 Å². The van der Waals surface area contributed by atoms with Crippen molar-refractivity contribution in [3.8, 4) is 5.75 Å². The predicted molar refractivity (Wildman–Crippen MR) is 146 cm³/mol. The molecule has 5 heteroatoms. The number of ether oxygens (including phenoxy) is 1. The van der Waals surface area contributed by atoms with Crippen molar-refractivity contribution < 1.29 is 19.1 Å². The number of carbonyl (C=O) groups excluding carboxylic acids is 1. The van der Waals surface area contributed by atoms with Crippen LogP contribution in [0, 0.1) is 0 Å². The summed E-state index contributed by atoms with van der Waals surface area (Å²) in [7, 11) is 0. The van der Waals surface area contributed by atoms with E-state index >= 15 is 0 Å². The largest absolute Gasteiger partial charge is 0.507 e. The molecule has 0 atom stereocenters. The SMILES string of the molecule is CCCC[N+](CCCC)(CCCC)CCCC.CCOC(=O)c1cc2c(O)cccc2cc1Cl. The van der Waals surface area contributed by atoms with Gasteiger partial charge in [0.25, 0.3) is 0 Å². The van der Waals surface area contributed by atoms with Crippen LogP contribution in [0.5, 0.6) is 5.75 Å². The van der Waals surface area contributed by atoms with Gasteiger partial charge in [-0.3, -0.25) is 0 Å². The predicted octanol–water partition coefficient (Wildman–Crippen LogP) is 8.38. The second kappa shape index (κ2) is 16.8. The first-order valence-electron chi connectivity index (χ1n) is 13.3. The van der Waals surface area contributed by atoms with E-state index in [0.717, 1.165) is 5.39 Å². The van der Waals surface area contributed by atoms with Crippen LogP contribution in [0.15, 0.2) is 30.3 Å². The Morgan fingerprint density at radius 2 is 1.35 bits per heavy atom. The zero-order chi connectivity index (χ0) is 25.4. The Labute approximate surface area is 212 Å². The molecule has 1 N–H and O–H groups in total. The minimum absolute atomic E-state index is 0.115. The number of phenolic OH excluding ortho intramolecular Hbond substituents is 1. The van der Waals surface area contributed by atoms with E-state index in [1.807, 2.05) is 6.07 Å². The first kappa shape index (κ1) is 30.3. The molecular formula is C29H47ClNO3+. The number of esters is 1. The minimum atomic E-state index is -0.484. The van der Waals surface area contributed by atoms with Gasteiger partial charge in [0.05, 0.1) is 43.4 Å². The van der Waals surface area contributed by atoms with E-state index < -0.39 is 5.97 Å². The topological polar surface area (TPSA) is 46.5 Å². The number of nitrogens with zero attached hydrogens (tertiary/aromatic N) is 1. The monoisotopic (exact) mass is 492 g/mol. The summed E-state index contributed by atoms with van der Waals surface area (Å²) in [6.07, 6.45) is 11.1. The van der Waals surface area contributed by atoms with Crippen molar-refractivity contribution in [3.05, 3.63) is 40.9 Å². The van der Waals surface area contributed by atoms with Gasteiger partial charge in [-0.1, -0.05) is 77.1 Å². The molecular weight excluding hydrogens is 446 g/mol. The zero-order valence-electron chi connectivity index (χ0n) is 22.2. The number of phenols is 1. The van der Waals surface area contributed by atoms with Gasteiger partial charge in [-0.05, 0) is 56.2 Å². The average molecular weight is 493 g/mol. The Bertz CT molecular complexity index is 815. The third kappa shape index (κ3) is 9.84. The lowest BCUT2D eigenvalue weighted by atomic mass is 10.1. The molecule has 2 rings (SSSR count). The highest BCUT2D eigenvalue weighted by atomic mass is 35.5. The van der Waals surface area contributed by atoms with Gasteiger partial charge in [0.2, 0.25) is 0 Å². The summed E-state index contributed by atoms with van der Waals surface area (Å²) in [4.78, 5) is 11.6. The van der Waals surface area contributed by atoms with Crippen molar-refractivity contribution in [1.29, 1.82) is 0 Å². The molecule has 0 bridgehead atoms. The fourth-order valence-electron chi connectivity index (χ4n) is 4.29. The summed E-state index contributed by atoms with van der Waals surface area (Å²) in [6, 6.07) is 8.28. The van der Waals surface area contributed by atoms with Crippen molar-refractivity contribution in [3.63, 3.8) is 0 Å². The molecule has 0 aliphatic heterocycles. The van der Waals surface area contributed by atoms with Gasteiger partial charge in [0.15, 0.2) is 0 Å². The molecule has 0 aromatic heterocycles. The molecule has 0 unspecified atom stereocenters. The Morgan fingerprint density at radius 1 is 0.853 bits per heavy atom. The normalized spacial score (nSPS) is 11.2. The molecule has 0 amide bonds. The summed E-state index contributed by atoms with van der Waals surface area (Å²) in [5.41, 5.74) is 0.266.